The number of fused-ring (bicyclic) bond motifs is 1. The van der Waals surface area contributed by atoms with E-state index in [1.54, 1.807) is 12.1 Å². The van der Waals surface area contributed by atoms with Crippen molar-refractivity contribution in [2.24, 2.45) is 0 Å². The minimum atomic E-state index is -4.48. The Morgan fingerprint density at radius 1 is 1.00 bits per heavy atom. The largest absolute Gasteiger partial charge is 0.417 e. The Hall–Kier alpha value is -2.30. The van der Waals surface area contributed by atoms with E-state index in [1.165, 1.54) is 6.07 Å². The van der Waals surface area contributed by atoms with E-state index < -0.39 is 11.7 Å². The van der Waals surface area contributed by atoms with Crippen molar-refractivity contribution in [2.45, 2.75) is 26.4 Å². The first-order chi connectivity index (χ1) is 10.2. The van der Waals surface area contributed by atoms with Crippen molar-refractivity contribution in [2.75, 3.05) is 5.32 Å². The van der Waals surface area contributed by atoms with E-state index >= 15 is 0 Å². The molecular weight excluding hydrogens is 291 g/mol. The highest BCUT2D eigenvalue weighted by molar-refractivity contribution is 6.00. The van der Waals surface area contributed by atoms with E-state index in [1.807, 2.05) is 19.9 Å². The molecule has 0 fully saturated rings. The van der Waals surface area contributed by atoms with Gasteiger partial charge in [-0.1, -0.05) is 29.3 Å². The fraction of sp³-hybridized carbons (Fsp3) is 0.235. The predicted octanol–water partition coefficient (Wildman–Crippen LogP) is 4.48. The Kier molecular flexibility index (Phi) is 3.24. The standard InChI is InChI=1S/C17H14F3NO/c1-9-3-10(2)5-11(4-9)13-6-12-7-16(22)21-15(12)8-14(13)17(18,19)20/h3-6,8H,7H2,1-2H3,(H,21,22). The zero-order valence-corrected chi connectivity index (χ0v) is 12.1. The van der Waals surface area contributed by atoms with Gasteiger partial charge in [0.15, 0.2) is 0 Å². The lowest BCUT2D eigenvalue weighted by molar-refractivity contribution is -0.137. The maximum atomic E-state index is 13.4. The summed E-state index contributed by atoms with van der Waals surface area (Å²) in [6.45, 7) is 3.70. The molecule has 0 saturated heterocycles. The van der Waals surface area contributed by atoms with Gasteiger partial charge >= 0.3 is 6.18 Å². The molecule has 1 N–H and O–H groups in total. The highest BCUT2D eigenvalue weighted by atomic mass is 19.4. The Bertz CT molecular complexity index is 758. The maximum Gasteiger partial charge on any atom is 0.417 e. The quantitative estimate of drug-likeness (QED) is 0.826. The molecule has 2 aromatic carbocycles. The van der Waals surface area contributed by atoms with Gasteiger partial charge in [0.05, 0.1) is 12.0 Å². The molecule has 1 heterocycles. The maximum absolute atomic E-state index is 13.4. The van der Waals surface area contributed by atoms with Gasteiger partial charge in [-0.25, -0.2) is 0 Å². The molecule has 22 heavy (non-hydrogen) atoms. The highest BCUT2D eigenvalue weighted by Gasteiger charge is 2.36. The number of benzene rings is 2. The van der Waals surface area contributed by atoms with Crippen molar-refractivity contribution in [3.8, 4) is 11.1 Å². The van der Waals surface area contributed by atoms with Crippen molar-refractivity contribution in [3.05, 3.63) is 52.6 Å². The average Bonchev–Trinajstić information content (AvgIpc) is 2.74. The second kappa shape index (κ2) is 4.87. The molecule has 1 aliphatic rings. The fourth-order valence-corrected chi connectivity index (χ4v) is 2.88. The van der Waals surface area contributed by atoms with Crippen LogP contribution in [0.5, 0.6) is 0 Å². The normalized spacial score (nSPS) is 14.0. The summed E-state index contributed by atoms with van der Waals surface area (Å²) in [6, 6.07) is 7.88. The van der Waals surface area contributed by atoms with Gasteiger partial charge in [-0.2, -0.15) is 13.2 Å². The smallest absolute Gasteiger partial charge is 0.326 e. The van der Waals surface area contributed by atoms with Gasteiger partial charge in [0.2, 0.25) is 5.91 Å². The Balaban J connectivity index is 2.26. The summed E-state index contributed by atoms with van der Waals surface area (Å²) in [7, 11) is 0. The molecule has 0 spiro atoms. The molecule has 3 rings (SSSR count). The van der Waals surface area contributed by atoms with Crippen molar-refractivity contribution >= 4 is 11.6 Å². The zero-order valence-electron chi connectivity index (χ0n) is 12.1. The third kappa shape index (κ3) is 2.58. The van der Waals surface area contributed by atoms with Crippen LogP contribution in [0.3, 0.4) is 0 Å². The SMILES string of the molecule is Cc1cc(C)cc(-c2cc3c(cc2C(F)(F)F)NC(=O)C3)c1. The summed E-state index contributed by atoms with van der Waals surface area (Å²) in [6.07, 6.45) is -4.36. The molecule has 1 aliphatic heterocycles. The number of nitrogens with one attached hydrogen (secondary N) is 1. The number of hydrogen-bond acceptors (Lipinski definition) is 1. The van der Waals surface area contributed by atoms with Gasteiger partial charge in [0.1, 0.15) is 0 Å². The van der Waals surface area contributed by atoms with E-state index in [4.69, 9.17) is 0 Å². The molecule has 0 atom stereocenters. The average molecular weight is 305 g/mol. The first kappa shape index (κ1) is 14.6. The van der Waals surface area contributed by atoms with E-state index in [9.17, 15) is 18.0 Å². The molecule has 0 unspecified atom stereocenters. The van der Waals surface area contributed by atoms with Crippen LogP contribution in [0.2, 0.25) is 0 Å². The fourth-order valence-electron chi connectivity index (χ4n) is 2.88. The number of amides is 1. The first-order valence-electron chi connectivity index (χ1n) is 6.86. The second-order valence-electron chi connectivity index (χ2n) is 5.65. The number of aryl methyl sites for hydroxylation is 2. The lowest BCUT2D eigenvalue weighted by Crippen LogP contribution is -2.08. The Morgan fingerprint density at radius 3 is 2.23 bits per heavy atom. The van der Waals surface area contributed by atoms with Crippen LogP contribution >= 0.6 is 0 Å². The van der Waals surface area contributed by atoms with Crippen molar-refractivity contribution in [1.82, 2.24) is 0 Å². The molecule has 5 heteroatoms. The number of alkyl halides is 3. The first-order valence-corrected chi connectivity index (χ1v) is 6.86. The summed E-state index contributed by atoms with van der Waals surface area (Å²) in [5.74, 6) is -0.277. The molecule has 0 saturated carbocycles. The number of carbonyl (C=O) groups is 1. The van der Waals surface area contributed by atoms with E-state index in [0.717, 1.165) is 17.2 Å². The lowest BCUT2D eigenvalue weighted by atomic mass is 9.93. The van der Waals surface area contributed by atoms with Gasteiger partial charge in [0, 0.05) is 5.69 Å². The molecule has 1 amide bonds. The van der Waals surface area contributed by atoms with Crippen LogP contribution in [0, 0.1) is 13.8 Å². The van der Waals surface area contributed by atoms with E-state index in [-0.39, 0.29) is 23.6 Å². The van der Waals surface area contributed by atoms with Crippen molar-refractivity contribution in [3.63, 3.8) is 0 Å². The zero-order chi connectivity index (χ0) is 16.1. The molecular formula is C17H14F3NO. The number of carbonyl (C=O) groups excluding carboxylic acids is 1. The van der Waals surface area contributed by atoms with Crippen LogP contribution < -0.4 is 5.32 Å². The summed E-state index contributed by atoms with van der Waals surface area (Å²) in [4.78, 5) is 11.4. The minimum Gasteiger partial charge on any atom is -0.326 e. The lowest BCUT2D eigenvalue weighted by Gasteiger charge is -2.16. The summed E-state index contributed by atoms with van der Waals surface area (Å²) < 4.78 is 40.2. The number of rotatable bonds is 1. The summed E-state index contributed by atoms with van der Waals surface area (Å²) in [5.41, 5.74) is 2.58. The third-order valence-corrected chi connectivity index (χ3v) is 3.71. The number of anilines is 1. The van der Waals surface area contributed by atoms with Crippen LogP contribution in [-0.4, -0.2) is 5.91 Å². The number of hydrogen-bond donors (Lipinski definition) is 1. The molecule has 2 nitrogen and oxygen atoms in total. The van der Waals surface area contributed by atoms with Crippen molar-refractivity contribution in [1.29, 1.82) is 0 Å². The molecule has 2 aromatic rings. The minimum absolute atomic E-state index is 0.116. The van der Waals surface area contributed by atoms with Gasteiger partial charge in [0.25, 0.3) is 0 Å². The van der Waals surface area contributed by atoms with Crippen LogP contribution in [0.25, 0.3) is 11.1 Å². The molecule has 0 radical (unpaired) electrons. The van der Waals surface area contributed by atoms with Crippen LogP contribution in [0.1, 0.15) is 22.3 Å². The van der Waals surface area contributed by atoms with Gasteiger partial charge < -0.3 is 5.32 Å². The van der Waals surface area contributed by atoms with Crippen LogP contribution in [0.15, 0.2) is 30.3 Å². The van der Waals surface area contributed by atoms with Crippen molar-refractivity contribution < 1.29 is 18.0 Å². The topological polar surface area (TPSA) is 29.1 Å². The van der Waals surface area contributed by atoms with Crippen LogP contribution in [0.4, 0.5) is 18.9 Å². The molecule has 114 valence electrons. The predicted molar refractivity (Wildman–Crippen MR) is 78.7 cm³/mol. The van der Waals surface area contributed by atoms with E-state index in [0.29, 0.717) is 11.1 Å². The van der Waals surface area contributed by atoms with Gasteiger partial charge in [-0.15, -0.1) is 0 Å². The monoisotopic (exact) mass is 305 g/mol. The summed E-state index contributed by atoms with van der Waals surface area (Å²) >= 11 is 0. The van der Waals surface area contributed by atoms with Gasteiger partial charge in [-0.05, 0) is 42.7 Å². The van der Waals surface area contributed by atoms with Gasteiger partial charge in [-0.3, -0.25) is 4.79 Å². The Labute approximate surface area is 126 Å². The molecule has 0 bridgehead atoms. The Morgan fingerprint density at radius 2 is 1.64 bits per heavy atom. The number of halogens is 3. The second-order valence-corrected chi connectivity index (χ2v) is 5.65. The van der Waals surface area contributed by atoms with E-state index in [2.05, 4.69) is 5.32 Å². The molecule has 0 aromatic heterocycles. The molecule has 0 aliphatic carbocycles. The third-order valence-electron chi connectivity index (χ3n) is 3.71. The van der Waals surface area contributed by atoms with Crippen LogP contribution in [-0.2, 0) is 17.4 Å². The highest BCUT2D eigenvalue weighted by Crippen LogP contribution is 2.41. The summed E-state index contributed by atoms with van der Waals surface area (Å²) in [5, 5.41) is 2.47.